The van der Waals surface area contributed by atoms with Gasteiger partial charge in [-0.3, -0.25) is 4.57 Å². The Morgan fingerprint density at radius 1 is 1.30 bits per heavy atom. The van der Waals surface area contributed by atoms with Gasteiger partial charge in [-0.15, -0.1) is 0 Å². The molecule has 3 N–H and O–H groups in total. The van der Waals surface area contributed by atoms with Crippen LogP contribution in [0.4, 0.5) is 5.95 Å². The maximum absolute atomic E-state index is 10.3. The minimum atomic E-state index is -1.02. The van der Waals surface area contributed by atoms with Gasteiger partial charge in [0.1, 0.15) is 18.0 Å². The first-order chi connectivity index (χ1) is 10.9. The third kappa shape index (κ3) is 2.75. The first-order valence-electron chi connectivity index (χ1n) is 7.76. The largest absolute Gasteiger partial charge is 0.497 e. The summed E-state index contributed by atoms with van der Waals surface area (Å²) in [5.74, 6) is 1.30. The molecule has 7 heteroatoms. The van der Waals surface area contributed by atoms with Gasteiger partial charge in [-0.2, -0.15) is 0 Å². The Morgan fingerprint density at radius 2 is 2.04 bits per heavy atom. The van der Waals surface area contributed by atoms with E-state index in [0.717, 1.165) is 11.0 Å². The standard InChI is InChI=1S/C16H23N3O4/c1-8(2)17-16-18-11-7-10(22-4)5-6-12(11)19(16)15-14(21)13(20)9(3)23-15/h5-9,13-15,20-21H,1-4H3,(H,17,18)/t9-,13-,14-,15-/m1/s1. The molecular weight excluding hydrogens is 298 g/mol. The quantitative estimate of drug-likeness (QED) is 0.791. The smallest absolute Gasteiger partial charge is 0.206 e. The number of benzene rings is 1. The zero-order chi connectivity index (χ0) is 16.7. The highest BCUT2D eigenvalue weighted by Gasteiger charge is 2.42. The van der Waals surface area contributed by atoms with Crippen LogP contribution in [0.3, 0.4) is 0 Å². The van der Waals surface area contributed by atoms with E-state index in [9.17, 15) is 10.2 Å². The second-order valence-corrected chi connectivity index (χ2v) is 6.17. The molecule has 0 amide bonds. The number of anilines is 1. The third-order valence-corrected chi connectivity index (χ3v) is 4.05. The number of methoxy groups -OCH3 is 1. The molecule has 4 atom stereocenters. The van der Waals surface area contributed by atoms with E-state index in [1.54, 1.807) is 18.6 Å². The lowest BCUT2D eigenvalue weighted by Crippen LogP contribution is -2.31. The molecule has 2 aromatic rings. The summed E-state index contributed by atoms with van der Waals surface area (Å²) in [7, 11) is 1.60. The van der Waals surface area contributed by atoms with Crippen LogP contribution in [0.25, 0.3) is 11.0 Å². The maximum Gasteiger partial charge on any atom is 0.206 e. The lowest BCUT2D eigenvalue weighted by atomic mass is 10.1. The monoisotopic (exact) mass is 321 g/mol. The molecule has 0 bridgehead atoms. The summed E-state index contributed by atoms with van der Waals surface area (Å²) < 4.78 is 12.8. The summed E-state index contributed by atoms with van der Waals surface area (Å²) in [6.07, 6.45) is -3.09. The van der Waals surface area contributed by atoms with Crippen LogP contribution >= 0.6 is 0 Å². The van der Waals surface area contributed by atoms with Gasteiger partial charge in [0.25, 0.3) is 0 Å². The van der Waals surface area contributed by atoms with Crippen LogP contribution in [-0.4, -0.2) is 51.2 Å². The Kier molecular flexibility index (Phi) is 4.18. The number of nitrogens with zero attached hydrogens (tertiary/aromatic N) is 2. The van der Waals surface area contributed by atoms with Crippen molar-refractivity contribution in [1.82, 2.24) is 9.55 Å². The van der Waals surface area contributed by atoms with Gasteiger partial charge in [0.15, 0.2) is 6.23 Å². The topological polar surface area (TPSA) is 88.8 Å². The van der Waals surface area contributed by atoms with Gasteiger partial charge in [-0.05, 0) is 32.9 Å². The second kappa shape index (κ2) is 5.99. The van der Waals surface area contributed by atoms with Crippen LogP contribution in [0.1, 0.15) is 27.0 Å². The highest BCUT2D eigenvalue weighted by atomic mass is 16.6. The summed E-state index contributed by atoms with van der Waals surface area (Å²) in [4.78, 5) is 4.59. The molecule has 0 unspecified atom stereocenters. The van der Waals surface area contributed by atoms with Crippen molar-refractivity contribution in [2.45, 2.75) is 51.4 Å². The molecule has 0 aliphatic carbocycles. The van der Waals surface area contributed by atoms with Gasteiger partial charge < -0.3 is 25.0 Å². The lowest BCUT2D eigenvalue weighted by Gasteiger charge is -2.21. The second-order valence-electron chi connectivity index (χ2n) is 6.17. The summed E-state index contributed by atoms with van der Waals surface area (Å²) in [6.45, 7) is 5.76. The van der Waals surface area contributed by atoms with Crippen LogP contribution in [0.5, 0.6) is 5.75 Å². The molecule has 0 spiro atoms. The average Bonchev–Trinajstić information content (AvgIpc) is 2.97. The van der Waals surface area contributed by atoms with E-state index in [1.165, 1.54) is 0 Å². The molecule has 1 saturated heterocycles. The highest BCUT2D eigenvalue weighted by Crippen LogP contribution is 2.35. The summed E-state index contributed by atoms with van der Waals surface area (Å²) in [6, 6.07) is 5.70. The molecular formula is C16H23N3O4. The van der Waals surface area contributed by atoms with Crippen molar-refractivity contribution in [1.29, 1.82) is 0 Å². The Bertz CT molecular complexity index is 700. The Labute approximate surface area is 134 Å². The van der Waals surface area contributed by atoms with Crippen LogP contribution in [0.2, 0.25) is 0 Å². The molecule has 1 aliphatic rings. The first-order valence-corrected chi connectivity index (χ1v) is 7.76. The van der Waals surface area contributed by atoms with Crippen molar-refractivity contribution in [3.8, 4) is 5.75 Å². The van der Waals surface area contributed by atoms with Gasteiger partial charge in [0.2, 0.25) is 5.95 Å². The van der Waals surface area contributed by atoms with Crippen molar-refractivity contribution in [2.75, 3.05) is 12.4 Å². The van der Waals surface area contributed by atoms with E-state index in [0.29, 0.717) is 11.7 Å². The predicted octanol–water partition coefficient (Wildman–Crippen LogP) is 1.50. The SMILES string of the molecule is COc1ccc2c(c1)nc(NC(C)C)n2[C@@H]1O[C@H](C)[C@@H](O)[C@H]1O. The molecule has 23 heavy (non-hydrogen) atoms. The summed E-state index contributed by atoms with van der Waals surface area (Å²) >= 11 is 0. The number of aromatic nitrogens is 2. The van der Waals surface area contributed by atoms with Gasteiger partial charge in [0, 0.05) is 12.1 Å². The number of nitrogens with one attached hydrogen (secondary N) is 1. The number of hydrogen-bond acceptors (Lipinski definition) is 6. The molecule has 2 heterocycles. The van der Waals surface area contributed by atoms with Gasteiger partial charge in [-0.25, -0.2) is 4.98 Å². The van der Waals surface area contributed by atoms with Crippen molar-refractivity contribution in [2.24, 2.45) is 0 Å². The van der Waals surface area contributed by atoms with Crippen molar-refractivity contribution >= 4 is 17.0 Å². The number of imidazole rings is 1. The molecule has 7 nitrogen and oxygen atoms in total. The molecule has 1 aromatic carbocycles. The fourth-order valence-corrected chi connectivity index (χ4v) is 2.86. The van der Waals surface area contributed by atoms with E-state index in [2.05, 4.69) is 10.3 Å². The van der Waals surface area contributed by atoms with Crippen LogP contribution in [0.15, 0.2) is 18.2 Å². The normalized spacial score (nSPS) is 27.8. The van der Waals surface area contributed by atoms with Crippen LogP contribution in [0, 0.1) is 0 Å². The maximum atomic E-state index is 10.3. The fraction of sp³-hybridized carbons (Fsp3) is 0.562. The van der Waals surface area contributed by atoms with E-state index in [4.69, 9.17) is 9.47 Å². The zero-order valence-corrected chi connectivity index (χ0v) is 13.7. The first kappa shape index (κ1) is 16.0. The van der Waals surface area contributed by atoms with Crippen molar-refractivity contribution in [3.63, 3.8) is 0 Å². The van der Waals surface area contributed by atoms with Crippen molar-refractivity contribution in [3.05, 3.63) is 18.2 Å². The lowest BCUT2D eigenvalue weighted by molar-refractivity contribution is -0.0284. The Balaban J connectivity index is 2.12. The van der Waals surface area contributed by atoms with Crippen LogP contribution < -0.4 is 10.1 Å². The van der Waals surface area contributed by atoms with Gasteiger partial charge in [0.05, 0.1) is 24.2 Å². The zero-order valence-electron chi connectivity index (χ0n) is 13.7. The third-order valence-electron chi connectivity index (χ3n) is 4.05. The number of ether oxygens (including phenoxy) is 2. The molecule has 126 valence electrons. The number of rotatable bonds is 4. The fourth-order valence-electron chi connectivity index (χ4n) is 2.86. The molecule has 3 rings (SSSR count). The highest BCUT2D eigenvalue weighted by molar-refractivity contribution is 5.80. The predicted molar refractivity (Wildman–Crippen MR) is 86.6 cm³/mol. The van der Waals surface area contributed by atoms with E-state index < -0.39 is 24.5 Å². The molecule has 1 fully saturated rings. The molecule has 1 aliphatic heterocycles. The summed E-state index contributed by atoms with van der Waals surface area (Å²) in [5, 5.41) is 23.6. The van der Waals surface area contributed by atoms with Gasteiger partial charge >= 0.3 is 0 Å². The molecule has 0 saturated carbocycles. The molecule has 0 radical (unpaired) electrons. The average molecular weight is 321 g/mol. The van der Waals surface area contributed by atoms with E-state index in [1.807, 2.05) is 32.0 Å². The van der Waals surface area contributed by atoms with Crippen LogP contribution in [-0.2, 0) is 4.74 Å². The summed E-state index contributed by atoms with van der Waals surface area (Å²) in [5.41, 5.74) is 1.54. The van der Waals surface area contributed by atoms with E-state index >= 15 is 0 Å². The van der Waals surface area contributed by atoms with E-state index in [-0.39, 0.29) is 6.04 Å². The number of fused-ring (bicyclic) bond motifs is 1. The minimum absolute atomic E-state index is 0.161. The number of aliphatic hydroxyl groups excluding tert-OH is 2. The Hall–Kier alpha value is -1.83. The van der Waals surface area contributed by atoms with Crippen molar-refractivity contribution < 1.29 is 19.7 Å². The Morgan fingerprint density at radius 3 is 2.61 bits per heavy atom. The number of hydrogen-bond donors (Lipinski definition) is 3. The minimum Gasteiger partial charge on any atom is -0.497 e. The molecule has 1 aromatic heterocycles. The van der Waals surface area contributed by atoms with Gasteiger partial charge in [-0.1, -0.05) is 0 Å². The number of aliphatic hydroxyl groups is 2.